The van der Waals surface area contributed by atoms with Gasteiger partial charge in [-0.3, -0.25) is 4.79 Å². The molecule has 0 unspecified atom stereocenters. The third-order valence-corrected chi connectivity index (χ3v) is 4.01. The number of hydrogen-bond donors (Lipinski definition) is 1. The van der Waals surface area contributed by atoms with E-state index < -0.39 is 0 Å². The number of benzene rings is 2. The first-order valence-corrected chi connectivity index (χ1v) is 7.10. The summed E-state index contributed by atoms with van der Waals surface area (Å²) in [5, 5.41) is 5.36. The maximum absolute atomic E-state index is 12.1. The van der Waals surface area contributed by atoms with Crippen molar-refractivity contribution in [3.63, 3.8) is 0 Å². The summed E-state index contributed by atoms with van der Waals surface area (Å²) in [7, 11) is 0. The molecule has 1 aliphatic carbocycles. The molecule has 1 saturated carbocycles. The monoisotopic (exact) mass is 253 g/mol. The standard InChI is InChI=1S/C17H19NO/c19-17(12-13-6-1-2-7-13)18-16-11-5-9-14-8-3-4-10-15(14)16/h3-5,8-11,13H,1-2,6-7,12H2,(H,18,19). The Morgan fingerprint density at radius 3 is 2.63 bits per heavy atom. The third-order valence-electron chi connectivity index (χ3n) is 4.01. The molecule has 0 atom stereocenters. The Labute approximate surface area is 113 Å². The van der Waals surface area contributed by atoms with Gasteiger partial charge in [-0.2, -0.15) is 0 Å². The van der Waals surface area contributed by atoms with Crippen LogP contribution in [0.3, 0.4) is 0 Å². The maximum Gasteiger partial charge on any atom is 0.224 e. The van der Waals surface area contributed by atoms with Gasteiger partial charge in [0.25, 0.3) is 0 Å². The lowest BCUT2D eigenvalue weighted by Crippen LogP contribution is -2.15. The molecule has 1 amide bonds. The molecule has 1 fully saturated rings. The summed E-state index contributed by atoms with van der Waals surface area (Å²) in [5.74, 6) is 0.748. The number of fused-ring (bicyclic) bond motifs is 1. The van der Waals surface area contributed by atoms with E-state index in [-0.39, 0.29) is 5.91 Å². The highest BCUT2D eigenvalue weighted by Crippen LogP contribution is 2.28. The lowest BCUT2D eigenvalue weighted by Gasteiger charge is -2.11. The van der Waals surface area contributed by atoms with E-state index in [0.29, 0.717) is 12.3 Å². The minimum Gasteiger partial charge on any atom is -0.326 e. The molecule has 2 heteroatoms. The topological polar surface area (TPSA) is 29.1 Å². The number of nitrogens with one attached hydrogen (secondary N) is 1. The molecule has 98 valence electrons. The fourth-order valence-corrected chi connectivity index (χ4v) is 3.01. The van der Waals surface area contributed by atoms with Crippen LogP contribution in [0.4, 0.5) is 5.69 Å². The molecule has 0 spiro atoms. The van der Waals surface area contributed by atoms with Crippen molar-refractivity contribution in [2.45, 2.75) is 32.1 Å². The summed E-state index contributed by atoms with van der Waals surface area (Å²) in [6.07, 6.45) is 5.66. The second-order valence-electron chi connectivity index (χ2n) is 5.43. The zero-order valence-corrected chi connectivity index (χ0v) is 11.1. The summed E-state index contributed by atoms with van der Waals surface area (Å²) in [6, 6.07) is 14.2. The Morgan fingerprint density at radius 2 is 1.79 bits per heavy atom. The Bertz CT molecular complexity index is 579. The Balaban J connectivity index is 1.75. The van der Waals surface area contributed by atoms with Crippen molar-refractivity contribution < 1.29 is 4.79 Å². The number of amides is 1. The van der Waals surface area contributed by atoms with E-state index in [9.17, 15) is 4.79 Å². The predicted molar refractivity (Wildman–Crippen MR) is 79.2 cm³/mol. The summed E-state index contributed by atoms with van der Waals surface area (Å²) >= 11 is 0. The van der Waals surface area contributed by atoms with Crippen LogP contribution in [0.5, 0.6) is 0 Å². The van der Waals surface area contributed by atoms with Crippen molar-refractivity contribution in [3.05, 3.63) is 42.5 Å². The number of rotatable bonds is 3. The van der Waals surface area contributed by atoms with Gasteiger partial charge in [0.2, 0.25) is 5.91 Å². The van der Waals surface area contributed by atoms with Crippen molar-refractivity contribution >= 4 is 22.4 Å². The third kappa shape index (κ3) is 2.78. The lowest BCUT2D eigenvalue weighted by molar-refractivity contribution is -0.117. The number of hydrogen-bond acceptors (Lipinski definition) is 1. The molecule has 0 radical (unpaired) electrons. The first kappa shape index (κ1) is 12.2. The normalized spacial score (nSPS) is 15.8. The van der Waals surface area contributed by atoms with Gasteiger partial charge < -0.3 is 5.32 Å². The summed E-state index contributed by atoms with van der Waals surface area (Å²) in [5.41, 5.74) is 0.932. The van der Waals surface area contributed by atoms with Crippen LogP contribution in [-0.4, -0.2) is 5.91 Å². The van der Waals surface area contributed by atoms with Gasteiger partial charge in [0.1, 0.15) is 0 Å². The van der Waals surface area contributed by atoms with Gasteiger partial charge in [-0.15, -0.1) is 0 Å². The van der Waals surface area contributed by atoms with Crippen molar-refractivity contribution in [2.75, 3.05) is 5.32 Å². The Kier molecular flexibility index (Phi) is 3.49. The molecule has 0 heterocycles. The van der Waals surface area contributed by atoms with E-state index >= 15 is 0 Å². The van der Waals surface area contributed by atoms with Crippen LogP contribution in [0.1, 0.15) is 32.1 Å². The van der Waals surface area contributed by atoms with Crippen LogP contribution in [-0.2, 0) is 4.79 Å². The fraction of sp³-hybridized carbons (Fsp3) is 0.353. The molecule has 19 heavy (non-hydrogen) atoms. The predicted octanol–water partition coefficient (Wildman–Crippen LogP) is 4.36. The number of anilines is 1. The van der Waals surface area contributed by atoms with Gasteiger partial charge in [0, 0.05) is 17.5 Å². The van der Waals surface area contributed by atoms with Crippen LogP contribution >= 0.6 is 0 Å². The van der Waals surface area contributed by atoms with Crippen LogP contribution in [0.25, 0.3) is 10.8 Å². The molecular formula is C17H19NO. The van der Waals surface area contributed by atoms with E-state index in [1.54, 1.807) is 0 Å². The van der Waals surface area contributed by atoms with Crippen LogP contribution in [0, 0.1) is 5.92 Å². The molecule has 3 rings (SSSR count). The molecule has 1 aliphatic rings. The highest BCUT2D eigenvalue weighted by Gasteiger charge is 2.18. The van der Waals surface area contributed by atoms with Crippen molar-refractivity contribution in [2.24, 2.45) is 5.92 Å². The molecule has 0 aromatic heterocycles. The smallest absolute Gasteiger partial charge is 0.224 e. The molecule has 2 nitrogen and oxygen atoms in total. The van der Waals surface area contributed by atoms with E-state index in [4.69, 9.17) is 0 Å². The van der Waals surface area contributed by atoms with Crippen molar-refractivity contribution in [1.29, 1.82) is 0 Å². The van der Waals surface area contributed by atoms with Gasteiger partial charge in [0.05, 0.1) is 0 Å². The zero-order valence-electron chi connectivity index (χ0n) is 11.1. The molecule has 2 aromatic rings. The first-order chi connectivity index (χ1) is 9.33. The van der Waals surface area contributed by atoms with Gasteiger partial charge in [-0.05, 0) is 30.2 Å². The van der Waals surface area contributed by atoms with Crippen molar-refractivity contribution in [3.8, 4) is 0 Å². The van der Waals surface area contributed by atoms with Gasteiger partial charge in [-0.25, -0.2) is 0 Å². The van der Waals surface area contributed by atoms with E-state index in [2.05, 4.69) is 23.5 Å². The maximum atomic E-state index is 12.1. The number of carbonyl (C=O) groups is 1. The number of carbonyl (C=O) groups excluding carboxylic acids is 1. The highest BCUT2D eigenvalue weighted by atomic mass is 16.1. The largest absolute Gasteiger partial charge is 0.326 e. The lowest BCUT2D eigenvalue weighted by atomic mass is 10.0. The second kappa shape index (κ2) is 5.43. The average Bonchev–Trinajstić information content (AvgIpc) is 2.92. The Hall–Kier alpha value is -1.83. The van der Waals surface area contributed by atoms with Gasteiger partial charge in [0.15, 0.2) is 0 Å². The average molecular weight is 253 g/mol. The van der Waals surface area contributed by atoms with Crippen LogP contribution < -0.4 is 5.32 Å². The highest BCUT2D eigenvalue weighted by molar-refractivity contribution is 6.02. The van der Waals surface area contributed by atoms with E-state index in [0.717, 1.165) is 11.1 Å². The summed E-state index contributed by atoms with van der Waals surface area (Å²) < 4.78 is 0. The Morgan fingerprint density at radius 1 is 1.05 bits per heavy atom. The minimum atomic E-state index is 0.156. The SMILES string of the molecule is O=C(CC1CCCC1)Nc1cccc2ccccc12. The molecule has 0 bridgehead atoms. The molecule has 0 aliphatic heterocycles. The van der Waals surface area contributed by atoms with E-state index in [1.165, 1.54) is 31.1 Å². The molecular weight excluding hydrogens is 234 g/mol. The summed E-state index contributed by atoms with van der Waals surface area (Å²) in [6.45, 7) is 0. The molecule has 0 saturated heterocycles. The fourth-order valence-electron chi connectivity index (χ4n) is 3.01. The minimum absolute atomic E-state index is 0.156. The quantitative estimate of drug-likeness (QED) is 0.865. The first-order valence-electron chi connectivity index (χ1n) is 7.10. The van der Waals surface area contributed by atoms with E-state index in [1.807, 2.05) is 24.3 Å². The molecule has 1 N–H and O–H groups in total. The summed E-state index contributed by atoms with van der Waals surface area (Å²) in [4.78, 5) is 12.1. The zero-order chi connectivity index (χ0) is 13.1. The van der Waals surface area contributed by atoms with Gasteiger partial charge >= 0.3 is 0 Å². The van der Waals surface area contributed by atoms with Crippen LogP contribution in [0.2, 0.25) is 0 Å². The van der Waals surface area contributed by atoms with Gasteiger partial charge in [-0.1, -0.05) is 49.2 Å². The van der Waals surface area contributed by atoms with Crippen LogP contribution in [0.15, 0.2) is 42.5 Å². The van der Waals surface area contributed by atoms with Crippen molar-refractivity contribution in [1.82, 2.24) is 0 Å². The molecule has 2 aromatic carbocycles. The second-order valence-corrected chi connectivity index (χ2v) is 5.43.